The molecule has 0 spiro atoms. The van der Waals surface area contributed by atoms with Crippen molar-refractivity contribution in [1.29, 1.82) is 0 Å². The zero-order valence-electron chi connectivity index (χ0n) is 11.1. The number of sulfonamides is 1. The maximum Gasteiger partial charge on any atom is 0.214 e. The van der Waals surface area contributed by atoms with Crippen molar-refractivity contribution in [2.24, 2.45) is 16.7 Å². The Morgan fingerprint density at radius 1 is 1.35 bits per heavy atom. The van der Waals surface area contributed by atoms with Gasteiger partial charge in [0.2, 0.25) is 10.0 Å². The number of hydrogen-bond acceptors (Lipinski definition) is 3. The lowest BCUT2D eigenvalue weighted by Gasteiger charge is -2.40. The number of aliphatic hydroxyl groups excluding tert-OH is 1. The van der Waals surface area contributed by atoms with Gasteiger partial charge in [-0.3, -0.25) is 0 Å². The normalized spacial score (nSPS) is 40.1. The van der Waals surface area contributed by atoms with Gasteiger partial charge in [-0.1, -0.05) is 13.8 Å². The lowest BCUT2D eigenvalue weighted by Crippen LogP contribution is -2.46. The van der Waals surface area contributed by atoms with E-state index in [4.69, 9.17) is 0 Å². The molecule has 2 aliphatic rings. The summed E-state index contributed by atoms with van der Waals surface area (Å²) in [7, 11) is -0.132. The van der Waals surface area contributed by atoms with Gasteiger partial charge in [-0.25, -0.2) is 12.7 Å². The van der Waals surface area contributed by atoms with Gasteiger partial charge in [0, 0.05) is 19.5 Å². The molecule has 2 rings (SSSR count). The second kappa shape index (κ2) is 3.68. The molecule has 2 fully saturated rings. The molecule has 100 valence electrons. The predicted octanol–water partition coefficient (Wildman–Crippen LogP) is 1.06. The Morgan fingerprint density at radius 3 is 2.29 bits per heavy atom. The molecule has 5 heteroatoms. The third-order valence-electron chi connectivity index (χ3n) is 5.38. The fourth-order valence-corrected chi connectivity index (χ4v) is 5.45. The topological polar surface area (TPSA) is 57.6 Å². The summed E-state index contributed by atoms with van der Waals surface area (Å²) in [4.78, 5) is 0. The van der Waals surface area contributed by atoms with Crippen molar-refractivity contribution < 1.29 is 13.5 Å². The fourth-order valence-electron chi connectivity index (χ4n) is 3.83. The maximum absolute atomic E-state index is 12.1. The minimum absolute atomic E-state index is 0.0739. The molecule has 0 aromatic heterocycles. The van der Waals surface area contributed by atoms with E-state index in [-0.39, 0.29) is 11.2 Å². The van der Waals surface area contributed by atoms with Crippen LogP contribution in [0.4, 0.5) is 0 Å². The number of nitrogens with zero attached hydrogens (tertiary/aromatic N) is 1. The molecular weight excluding hydrogens is 238 g/mol. The van der Waals surface area contributed by atoms with Gasteiger partial charge in [-0.2, -0.15) is 0 Å². The molecule has 4 nitrogen and oxygen atoms in total. The molecule has 3 unspecified atom stereocenters. The largest absolute Gasteiger partial charge is 0.392 e. The summed E-state index contributed by atoms with van der Waals surface area (Å²) < 4.78 is 25.5. The maximum atomic E-state index is 12.1. The van der Waals surface area contributed by atoms with E-state index >= 15 is 0 Å². The van der Waals surface area contributed by atoms with Crippen LogP contribution in [0.25, 0.3) is 0 Å². The summed E-state index contributed by atoms with van der Waals surface area (Å²) in [5, 5.41) is 10.3. The van der Waals surface area contributed by atoms with Gasteiger partial charge in [0.15, 0.2) is 0 Å². The zero-order valence-corrected chi connectivity index (χ0v) is 11.9. The van der Waals surface area contributed by atoms with Gasteiger partial charge in [0.25, 0.3) is 0 Å². The molecule has 0 amide bonds. The predicted molar refractivity (Wildman–Crippen MR) is 67.0 cm³/mol. The lowest BCUT2D eigenvalue weighted by atomic mass is 9.70. The van der Waals surface area contributed by atoms with E-state index < -0.39 is 21.5 Å². The number of aliphatic hydroxyl groups is 1. The van der Waals surface area contributed by atoms with Crippen LogP contribution < -0.4 is 0 Å². The molecule has 0 aromatic carbocycles. The van der Waals surface area contributed by atoms with Crippen molar-refractivity contribution in [2.45, 2.75) is 39.2 Å². The summed E-state index contributed by atoms with van der Waals surface area (Å²) in [6.07, 6.45) is 2.17. The van der Waals surface area contributed by atoms with Crippen LogP contribution in [0, 0.1) is 16.7 Å². The number of fused-ring (bicyclic) bond motifs is 2. The molecule has 2 saturated carbocycles. The van der Waals surface area contributed by atoms with Gasteiger partial charge >= 0.3 is 0 Å². The van der Waals surface area contributed by atoms with Crippen LogP contribution in [0.15, 0.2) is 0 Å². The molecule has 0 heterocycles. The van der Waals surface area contributed by atoms with Crippen molar-refractivity contribution in [3.05, 3.63) is 0 Å². The van der Waals surface area contributed by atoms with Crippen molar-refractivity contribution in [3.8, 4) is 0 Å². The molecule has 2 aliphatic carbocycles. The van der Waals surface area contributed by atoms with Crippen molar-refractivity contribution in [3.63, 3.8) is 0 Å². The van der Waals surface area contributed by atoms with Gasteiger partial charge in [0.05, 0.1) is 11.9 Å². The van der Waals surface area contributed by atoms with Gasteiger partial charge in [-0.05, 0) is 30.6 Å². The summed E-state index contributed by atoms with van der Waals surface area (Å²) in [5.74, 6) is 0.548. The minimum Gasteiger partial charge on any atom is -0.392 e. The lowest BCUT2D eigenvalue weighted by molar-refractivity contribution is 0.0147. The highest BCUT2D eigenvalue weighted by Gasteiger charge is 2.65. The third kappa shape index (κ3) is 1.66. The highest BCUT2D eigenvalue weighted by atomic mass is 32.2. The van der Waals surface area contributed by atoms with E-state index in [0.717, 1.165) is 19.3 Å². The standard InChI is InChI=1S/C12H23NO3S/c1-11(2)9-5-6-12(11,10(14)7-9)8-17(15,16)13(3)4/h9-10,14H,5-8H2,1-4H3. The zero-order chi connectivity index (χ0) is 13.1. The summed E-state index contributed by atoms with van der Waals surface area (Å²) in [6.45, 7) is 4.23. The molecule has 0 aliphatic heterocycles. The summed E-state index contributed by atoms with van der Waals surface area (Å²) >= 11 is 0. The molecule has 0 radical (unpaired) electrons. The van der Waals surface area contributed by atoms with Crippen LogP contribution in [0.5, 0.6) is 0 Å². The van der Waals surface area contributed by atoms with Gasteiger partial charge < -0.3 is 5.11 Å². The molecule has 2 bridgehead atoms. The van der Waals surface area contributed by atoms with Crippen LogP contribution in [0.3, 0.4) is 0 Å². The fraction of sp³-hybridized carbons (Fsp3) is 1.00. The van der Waals surface area contributed by atoms with Gasteiger partial charge in [-0.15, -0.1) is 0 Å². The average Bonchev–Trinajstić information content (AvgIpc) is 2.50. The van der Waals surface area contributed by atoms with Crippen LogP contribution in [0.2, 0.25) is 0 Å². The van der Waals surface area contributed by atoms with E-state index in [1.807, 2.05) is 0 Å². The smallest absolute Gasteiger partial charge is 0.214 e. The van der Waals surface area contributed by atoms with Crippen molar-refractivity contribution >= 4 is 10.0 Å². The van der Waals surface area contributed by atoms with E-state index in [1.54, 1.807) is 14.1 Å². The first-order chi connectivity index (χ1) is 7.63. The van der Waals surface area contributed by atoms with Crippen LogP contribution in [0.1, 0.15) is 33.1 Å². The summed E-state index contributed by atoms with van der Waals surface area (Å²) in [6, 6.07) is 0. The quantitative estimate of drug-likeness (QED) is 0.826. The molecule has 1 N–H and O–H groups in total. The first kappa shape index (κ1) is 13.3. The van der Waals surface area contributed by atoms with E-state index in [1.165, 1.54) is 4.31 Å². The molecule has 3 atom stereocenters. The Morgan fingerprint density at radius 2 is 1.94 bits per heavy atom. The number of rotatable bonds is 3. The first-order valence-electron chi connectivity index (χ1n) is 6.22. The number of hydrogen-bond donors (Lipinski definition) is 1. The Hall–Kier alpha value is -0.130. The highest BCUT2D eigenvalue weighted by molar-refractivity contribution is 7.89. The van der Waals surface area contributed by atoms with Crippen LogP contribution in [-0.2, 0) is 10.0 Å². The molecule has 0 aromatic rings. The van der Waals surface area contributed by atoms with Crippen molar-refractivity contribution in [1.82, 2.24) is 4.31 Å². The van der Waals surface area contributed by atoms with E-state index in [9.17, 15) is 13.5 Å². The second-order valence-electron chi connectivity index (χ2n) is 6.40. The summed E-state index contributed by atoms with van der Waals surface area (Å²) in [5.41, 5.74) is -0.518. The Balaban J connectivity index is 2.36. The van der Waals surface area contributed by atoms with E-state index in [2.05, 4.69) is 13.8 Å². The monoisotopic (exact) mass is 261 g/mol. The molecule has 17 heavy (non-hydrogen) atoms. The third-order valence-corrected chi connectivity index (χ3v) is 7.38. The Bertz CT molecular complexity index is 415. The van der Waals surface area contributed by atoms with Crippen LogP contribution >= 0.6 is 0 Å². The highest BCUT2D eigenvalue weighted by Crippen LogP contribution is 2.66. The van der Waals surface area contributed by atoms with Crippen molar-refractivity contribution in [2.75, 3.05) is 19.8 Å². The minimum atomic E-state index is -3.26. The van der Waals surface area contributed by atoms with E-state index in [0.29, 0.717) is 5.92 Å². The Kier molecular flexibility index (Phi) is 2.88. The second-order valence-corrected chi connectivity index (χ2v) is 8.59. The molecular formula is C12H23NO3S. The first-order valence-corrected chi connectivity index (χ1v) is 7.83. The SMILES string of the molecule is CN(C)S(=O)(=O)CC12CCC(CC1O)C2(C)C. The average molecular weight is 261 g/mol. The molecule has 0 saturated heterocycles. The van der Waals surface area contributed by atoms with Gasteiger partial charge in [0.1, 0.15) is 0 Å². The van der Waals surface area contributed by atoms with Crippen LogP contribution in [-0.4, -0.2) is 43.8 Å². The Labute approximate surface area is 104 Å².